The first-order valence-electron chi connectivity index (χ1n) is 8.22. The molecule has 2 aliphatic rings. The van der Waals surface area contributed by atoms with Gasteiger partial charge in [-0.1, -0.05) is 24.3 Å². The molecule has 1 atom stereocenters. The van der Waals surface area contributed by atoms with Gasteiger partial charge in [0.2, 0.25) is 0 Å². The molecule has 2 amide bonds. The standard InChI is InChI=1S/C17H25N3O2/c21-17(18-6-8-20-7-3-10-22-11-9-20)19-13-15-12-14-4-1-2-5-16(14)15/h1-2,4-5,15H,3,6-13H2,(H2,18,19,21)/t15-/m0/s1. The molecular formula is C17H25N3O2. The summed E-state index contributed by atoms with van der Waals surface area (Å²) in [6.45, 7) is 5.97. The third-order valence-corrected chi connectivity index (χ3v) is 4.50. The number of fused-ring (bicyclic) bond motifs is 1. The van der Waals surface area contributed by atoms with Crippen LogP contribution >= 0.6 is 0 Å². The summed E-state index contributed by atoms with van der Waals surface area (Å²) in [6, 6.07) is 8.40. The van der Waals surface area contributed by atoms with E-state index in [9.17, 15) is 4.79 Å². The molecule has 22 heavy (non-hydrogen) atoms. The fourth-order valence-electron chi connectivity index (χ4n) is 3.17. The second kappa shape index (κ2) is 7.61. The Morgan fingerprint density at radius 3 is 3.05 bits per heavy atom. The van der Waals surface area contributed by atoms with E-state index in [-0.39, 0.29) is 6.03 Å². The number of carbonyl (C=O) groups is 1. The van der Waals surface area contributed by atoms with Crippen LogP contribution in [0.3, 0.4) is 0 Å². The van der Waals surface area contributed by atoms with Crippen LogP contribution in [0.1, 0.15) is 23.5 Å². The van der Waals surface area contributed by atoms with Gasteiger partial charge >= 0.3 is 6.03 Å². The number of ether oxygens (including phenoxy) is 1. The van der Waals surface area contributed by atoms with Crippen molar-refractivity contribution in [2.24, 2.45) is 0 Å². The monoisotopic (exact) mass is 303 g/mol. The maximum absolute atomic E-state index is 11.8. The number of nitrogens with one attached hydrogen (secondary N) is 2. The molecule has 0 saturated carbocycles. The number of rotatable bonds is 5. The third-order valence-electron chi connectivity index (χ3n) is 4.50. The second-order valence-corrected chi connectivity index (χ2v) is 6.04. The van der Waals surface area contributed by atoms with Gasteiger partial charge in [-0.25, -0.2) is 4.79 Å². The van der Waals surface area contributed by atoms with Crippen LogP contribution in [0.25, 0.3) is 0 Å². The first-order valence-corrected chi connectivity index (χ1v) is 8.22. The Balaban J connectivity index is 1.30. The Hall–Kier alpha value is -1.59. The van der Waals surface area contributed by atoms with E-state index in [1.807, 2.05) is 0 Å². The highest BCUT2D eigenvalue weighted by Gasteiger charge is 2.25. The third kappa shape index (κ3) is 3.99. The van der Waals surface area contributed by atoms with Crippen LogP contribution < -0.4 is 10.6 Å². The van der Waals surface area contributed by atoms with E-state index in [4.69, 9.17) is 4.74 Å². The van der Waals surface area contributed by atoms with E-state index in [2.05, 4.69) is 39.8 Å². The van der Waals surface area contributed by atoms with Crippen molar-refractivity contribution >= 4 is 6.03 Å². The lowest BCUT2D eigenvalue weighted by molar-refractivity contribution is 0.141. The van der Waals surface area contributed by atoms with Crippen molar-refractivity contribution in [3.8, 4) is 0 Å². The van der Waals surface area contributed by atoms with Crippen molar-refractivity contribution in [3.05, 3.63) is 35.4 Å². The molecular weight excluding hydrogens is 278 g/mol. The molecule has 120 valence electrons. The zero-order chi connectivity index (χ0) is 15.2. The molecule has 0 spiro atoms. The van der Waals surface area contributed by atoms with Gasteiger partial charge in [-0.15, -0.1) is 0 Å². The summed E-state index contributed by atoms with van der Waals surface area (Å²) in [6.07, 6.45) is 2.15. The minimum atomic E-state index is -0.0598. The number of urea groups is 1. The number of nitrogens with zero attached hydrogens (tertiary/aromatic N) is 1. The summed E-state index contributed by atoms with van der Waals surface area (Å²) >= 11 is 0. The Kier molecular flexibility index (Phi) is 5.29. The molecule has 1 heterocycles. The van der Waals surface area contributed by atoms with Gasteiger partial charge in [-0.3, -0.25) is 4.90 Å². The maximum atomic E-state index is 11.8. The summed E-state index contributed by atoms with van der Waals surface area (Å²) in [4.78, 5) is 14.2. The number of hydrogen-bond acceptors (Lipinski definition) is 3. The Morgan fingerprint density at radius 1 is 1.23 bits per heavy atom. The molecule has 5 nitrogen and oxygen atoms in total. The number of benzene rings is 1. The van der Waals surface area contributed by atoms with Crippen LogP contribution in [-0.4, -0.2) is 56.9 Å². The van der Waals surface area contributed by atoms with E-state index in [1.165, 1.54) is 11.1 Å². The number of amides is 2. The molecule has 1 saturated heterocycles. The van der Waals surface area contributed by atoms with Crippen molar-refractivity contribution < 1.29 is 9.53 Å². The Labute approximate surface area is 132 Å². The average molecular weight is 303 g/mol. The predicted molar refractivity (Wildman–Crippen MR) is 86.2 cm³/mol. The van der Waals surface area contributed by atoms with E-state index < -0.39 is 0 Å². The van der Waals surface area contributed by atoms with Crippen molar-refractivity contribution in [3.63, 3.8) is 0 Å². The molecule has 5 heteroatoms. The fraction of sp³-hybridized carbons (Fsp3) is 0.588. The summed E-state index contributed by atoms with van der Waals surface area (Å²) in [7, 11) is 0. The molecule has 1 fully saturated rings. The molecule has 1 aromatic rings. The van der Waals surface area contributed by atoms with Crippen molar-refractivity contribution in [1.29, 1.82) is 0 Å². The van der Waals surface area contributed by atoms with Crippen LogP contribution in [0, 0.1) is 0 Å². The minimum absolute atomic E-state index is 0.0598. The average Bonchev–Trinajstić information content (AvgIpc) is 2.77. The van der Waals surface area contributed by atoms with Gasteiger partial charge < -0.3 is 15.4 Å². The van der Waals surface area contributed by atoms with E-state index >= 15 is 0 Å². The van der Waals surface area contributed by atoms with Crippen molar-refractivity contribution in [2.45, 2.75) is 18.8 Å². The van der Waals surface area contributed by atoms with Crippen LogP contribution in [0.2, 0.25) is 0 Å². The van der Waals surface area contributed by atoms with Gasteiger partial charge in [-0.05, 0) is 24.0 Å². The SMILES string of the molecule is O=C(NCCN1CCCOCC1)NC[C@@H]1Cc2ccccc21. The maximum Gasteiger partial charge on any atom is 0.314 e. The first-order chi connectivity index (χ1) is 10.8. The van der Waals surface area contributed by atoms with Gasteiger partial charge in [0.25, 0.3) is 0 Å². The van der Waals surface area contributed by atoms with E-state index in [0.29, 0.717) is 12.5 Å². The lowest BCUT2D eigenvalue weighted by Gasteiger charge is -2.30. The highest BCUT2D eigenvalue weighted by molar-refractivity contribution is 5.73. The molecule has 0 bridgehead atoms. The zero-order valence-corrected chi connectivity index (χ0v) is 13.0. The molecule has 1 aliphatic carbocycles. The lowest BCUT2D eigenvalue weighted by Crippen LogP contribution is -2.43. The van der Waals surface area contributed by atoms with E-state index in [1.54, 1.807) is 0 Å². The topological polar surface area (TPSA) is 53.6 Å². The van der Waals surface area contributed by atoms with Crippen LogP contribution in [0.4, 0.5) is 4.79 Å². The fourth-order valence-corrected chi connectivity index (χ4v) is 3.17. The van der Waals surface area contributed by atoms with Crippen molar-refractivity contribution in [2.75, 3.05) is 45.9 Å². The number of carbonyl (C=O) groups excluding carboxylic acids is 1. The zero-order valence-electron chi connectivity index (χ0n) is 13.0. The normalized spacial score (nSPS) is 21.4. The van der Waals surface area contributed by atoms with E-state index in [0.717, 1.165) is 52.2 Å². The Morgan fingerprint density at radius 2 is 2.14 bits per heavy atom. The molecule has 0 unspecified atom stereocenters. The van der Waals surface area contributed by atoms with Crippen LogP contribution in [0.5, 0.6) is 0 Å². The smallest absolute Gasteiger partial charge is 0.314 e. The van der Waals surface area contributed by atoms with Crippen molar-refractivity contribution in [1.82, 2.24) is 15.5 Å². The highest BCUT2D eigenvalue weighted by atomic mass is 16.5. The van der Waals surface area contributed by atoms with Gasteiger partial charge in [0, 0.05) is 45.2 Å². The summed E-state index contributed by atoms with van der Waals surface area (Å²) in [5.41, 5.74) is 2.80. The van der Waals surface area contributed by atoms with Crippen LogP contribution in [0.15, 0.2) is 24.3 Å². The van der Waals surface area contributed by atoms with Gasteiger partial charge in [0.1, 0.15) is 0 Å². The molecule has 0 aromatic heterocycles. The predicted octanol–water partition coefficient (Wildman–Crippen LogP) is 1.35. The Bertz CT molecular complexity index is 498. The second-order valence-electron chi connectivity index (χ2n) is 6.04. The summed E-state index contributed by atoms with van der Waals surface area (Å²) in [5.74, 6) is 0.477. The largest absolute Gasteiger partial charge is 0.380 e. The van der Waals surface area contributed by atoms with Gasteiger partial charge in [0.15, 0.2) is 0 Å². The number of hydrogen-bond donors (Lipinski definition) is 2. The van der Waals surface area contributed by atoms with Gasteiger partial charge in [0.05, 0.1) is 6.61 Å². The minimum Gasteiger partial charge on any atom is -0.380 e. The molecule has 1 aliphatic heterocycles. The summed E-state index contributed by atoms with van der Waals surface area (Å²) in [5, 5.41) is 5.93. The quantitative estimate of drug-likeness (QED) is 0.863. The molecule has 1 aromatic carbocycles. The molecule has 3 rings (SSSR count). The molecule has 2 N–H and O–H groups in total. The molecule has 0 radical (unpaired) electrons. The summed E-state index contributed by atoms with van der Waals surface area (Å²) < 4.78 is 5.42. The lowest BCUT2D eigenvalue weighted by atomic mass is 9.78. The van der Waals surface area contributed by atoms with Gasteiger partial charge in [-0.2, -0.15) is 0 Å². The highest BCUT2D eigenvalue weighted by Crippen LogP contribution is 2.33. The first kappa shape index (κ1) is 15.3. The van der Waals surface area contributed by atoms with Crippen LogP contribution in [-0.2, 0) is 11.2 Å².